The molecule has 18 heavy (non-hydrogen) atoms. The average molecular weight is 269 g/mol. The first-order valence-electron chi connectivity index (χ1n) is 6.44. The van der Waals surface area contributed by atoms with Gasteiger partial charge in [0.05, 0.1) is 7.11 Å². The van der Waals surface area contributed by atoms with Crippen molar-refractivity contribution in [2.45, 2.75) is 44.4 Å². The minimum absolute atomic E-state index is 0.00151. The molecule has 0 aliphatic rings. The predicted octanol–water partition coefficient (Wildman–Crippen LogP) is 3.99. The van der Waals surface area contributed by atoms with E-state index in [4.69, 9.17) is 16.3 Å². The second kappa shape index (κ2) is 8.15. The molecule has 0 aliphatic heterocycles. The zero-order chi connectivity index (χ0) is 13.4. The maximum atomic E-state index is 11.7. The predicted molar refractivity (Wildman–Crippen MR) is 75.5 cm³/mol. The first-order chi connectivity index (χ1) is 8.65. The number of hydrogen-bond donors (Lipinski definition) is 0. The Labute approximate surface area is 114 Å². The minimum Gasteiger partial charge on any atom is -0.497 e. The van der Waals surface area contributed by atoms with E-state index in [1.807, 2.05) is 24.3 Å². The van der Waals surface area contributed by atoms with Crippen LogP contribution in [-0.4, -0.2) is 18.3 Å². The van der Waals surface area contributed by atoms with Crippen molar-refractivity contribution in [3.05, 3.63) is 29.8 Å². The molecule has 0 heterocycles. The molecule has 1 atom stereocenters. The summed E-state index contributed by atoms with van der Waals surface area (Å²) < 4.78 is 5.09. The van der Waals surface area contributed by atoms with Crippen molar-refractivity contribution < 1.29 is 9.53 Å². The number of carbonyl (C=O) groups excluding carboxylic acids is 1. The van der Waals surface area contributed by atoms with Crippen molar-refractivity contribution in [1.82, 2.24) is 0 Å². The normalized spacial score (nSPS) is 12.2. The molecule has 0 saturated heterocycles. The van der Waals surface area contributed by atoms with E-state index in [9.17, 15) is 4.79 Å². The van der Waals surface area contributed by atoms with Crippen LogP contribution in [0.1, 0.15) is 38.2 Å². The van der Waals surface area contributed by atoms with Crippen molar-refractivity contribution in [2.24, 2.45) is 0 Å². The van der Waals surface area contributed by atoms with Crippen LogP contribution in [-0.2, 0) is 11.2 Å². The summed E-state index contributed by atoms with van der Waals surface area (Å²) >= 11 is 6.06. The summed E-state index contributed by atoms with van der Waals surface area (Å²) in [6, 6.07) is 7.83. The molecule has 3 heteroatoms. The molecule has 0 bridgehead atoms. The standard InChI is InChI=1S/C15H21ClO2/c1-3-4-13(16)11-14(17)8-5-12-6-9-15(18-2)10-7-12/h6-7,9-10,13H,3-5,8,11H2,1-2H3/t13-/m0/s1. The Hall–Kier alpha value is -1.02. The van der Waals surface area contributed by atoms with Crippen LogP contribution in [0.15, 0.2) is 24.3 Å². The molecule has 2 nitrogen and oxygen atoms in total. The highest BCUT2D eigenvalue weighted by Crippen LogP contribution is 2.15. The fourth-order valence-electron chi connectivity index (χ4n) is 1.84. The van der Waals surface area contributed by atoms with Gasteiger partial charge in [-0.25, -0.2) is 0 Å². The first-order valence-corrected chi connectivity index (χ1v) is 6.88. The Balaban J connectivity index is 2.33. The number of ether oxygens (including phenoxy) is 1. The summed E-state index contributed by atoms with van der Waals surface area (Å²) in [5.74, 6) is 1.09. The van der Waals surface area contributed by atoms with Crippen molar-refractivity contribution in [1.29, 1.82) is 0 Å². The third kappa shape index (κ3) is 5.54. The lowest BCUT2D eigenvalue weighted by atomic mass is 10.0. The summed E-state index contributed by atoms with van der Waals surface area (Å²) in [7, 11) is 1.65. The van der Waals surface area contributed by atoms with Crippen molar-refractivity contribution in [2.75, 3.05) is 7.11 Å². The summed E-state index contributed by atoms with van der Waals surface area (Å²) in [6.45, 7) is 2.08. The van der Waals surface area contributed by atoms with Gasteiger partial charge in [-0.1, -0.05) is 25.5 Å². The van der Waals surface area contributed by atoms with E-state index in [0.717, 1.165) is 30.6 Å². The van der Waals surface area contributed by atoms with E-state index in [1.165, 1.54) is 0 Å². The SMILES string of the molecule is CCC[C@H](Cl)CC(=O)CCc1ccc(OC)cc1. The van der Waals surface area contributed by atoms with Gasteiger partial charge in [0, 0.05) is 18.2 Å². The topological polar surface area (TPSA) is 26.3 Å². The molecule has 1 rings (SSSR count). The number of rotatable bonds is 8. The summed E-state index contributed by atoms with van der Waals surface area (Å²) in [5.41, 5.74) is 1.16. The Kier molecular flexibility index (Phi) is 6.81. The molecule has 0 spiro atoms. The lowest BCUT2D eigenvalue weighted by molar-refractivity contribution is -0.119. The van der Waals surface area contributed by atoms with Crippen molar-refractivity contribution in [3.63, 3.8) is 0 Å². The minimum atomic E-state index is -0.00151. The third-order valence-corrected chi connectivity index (χ3v) is 3.28. The highest BCUT2D eigenvalue weighted by molar-refractivity contribution is 6.21. The maximum Gasteiger partial charge on any atom is 0.134 e. The fraction of sp³-hybridized carbons (Fsp3) is 0.533. The van der Waals surface area contributed by atoms with Gasteiger partial charge < -0.3 is 4.74 Å². The molecule has 0 radical (unpaired) electrons. The van der Waals surface area contributed by atoms with Crippen LogP contribution < -0.4 is 4.74 Å². The van der Waals surface area contributed by atoms with Crippen LogP contribution in [0.2, 0.25) is 0 Å². The number of methoxy groups -OCH3 is 1. The van der Waals surface area contributed by atoms with Gasteiger partial charge in [0.25, 0.3) is 0 Å². The Morgan fingerprint density at radius 3 is 2.56 bits per heavy atom. The molecular formula is C15H21ClO2. The van der Waals surface area contributed by atoms with Gasteiger partial charge in [0.15, 0.2) is 0 Å². The van der Waals surface area contributed by atoms with Crippen LogP contribution in [0.3, 0.4) is 0 Å². The number of ketones is 1. The largest absolute Gasteiger partial charge is 0.497 e. The summed E-state index contributed by atoms with van der Waals surface area (Å²) in [5, 5.41) is -0.00151. The third-order valence-electron chi connectivity index (χ3n) is 2.90. The number of alkyl halides is 1. The lowest BCUT2D eigenvalue weighted by Crippen LogP contribution is -2.08. The van der Waals surface area contributed by atoms with Gasteiger partial charge in [-0.2, -0.15) is 0 Å². The van der Waals surface area contributed by atoms with Crippen LogP contribution >= 0.6 is 11.6 Å². The monoisotopic (exact) mass is 268 g/mol. The molecule has 0 amide bonds. The fourth-order valence-corrected chi connectivity index (χ4v) is 2.23. The second-order valence-electron chi connectivity index (χ2n) is 4.48. The number of aryl methyl sites for hydroxylation is 1. The van der Waals surface area contributed by atoms with Gasteiger partial charge in [0.1, 0.15) is 11.5 Å². The number of hydrogen-bond acceptors (Lipinski definition) is 2. The molecule has 0 fully saturated rings. The highest BCUT2D eigenvalue weighted by Gasteiger charge is 2.10. The first kappa shape index (κ1) is 15.0. The van der Waals surface area contributed by atoms with E-state index >= 15 is 0 Å². The molecule has 1 aromatic rings. The molecule has 0 aliphatic carbocycles. The Morgan fingerprint density at radius 1 is 1.33 bits per heavy atom. The van der Waals surface area contributed by atoms with Crippen molar-refractivity contribution in [3.8, 4) is 5.75 Å². The van der Waals surface area contributed by atoms with Gasteiger partial charge in [-0.05, 0) is 30.5 Å². The Bertz CT molecular complexity index is 359. The quantitative estimate of drug-likeness (QED) is 0.666. The smallest absolute Gasteiger partial charge is 0.134 e. The highest BCUT2D eigenvalue weighted by atomic mass is 35.5. The number of halogens is 1. The van der Waals surface area contributed by atoms with E-state index in [0.29, 0.717) is 12.8 Å². The van der Waals surface area contributed by atoms with Gasteiger partial charge in [-0.15, -0.1) is 11.6 Å². The molecule has 0 aromatic heterocycles. The van der Waals surface area contributed by atoms with Crippen LogP contribution in [0.4, 0.5) is 0 Å². The molecule has 0 saturated carbocycles. The number of benzene rings is 1. The zero-order valence-electron chi connectivity index (χ0n) is 11.1. The van der Waals surface area contributed by atoms with E-state index in [-0.39, 0.29) is 11.2 Å². The lowest BCUT2D eigenvalue weighted by Gasteiger charge is -2.07. The maximum absolute atomic E-state index is 11.7. The van der Waals surface area contributed by atoms with E-state index in [1.54, 1.807) is 7.11 Å². The van der Waals surface area contributed by atoms with E-state index in [2.05, 4.69) is 6.92 Å². The van der Waals surface area contributed by atoms with Crippen molar-refractivity contribution >= 4 is 17.4 Å². The van der Waals surface area contributed by atoms with E-state index < -0.39 is 0 Å². The molecule has 0 N–H and O–H groups in total. The zero-order valence-corrected chi connectivity index (χ0v) is 11.9. The Morgan fingerprint density at radius 2 is 2.00 bits per heavy atom. The van der Waals surface area contributed by atoms with Crippen LogP contribution in [0, 0.1) is 0 Å². The molecule has 0 unspecified atom stereocenters. The molecule has 100 valence electrons. The van der Waals surface area contributed by atoms with Crippen LogP contribution in [0.25, 0.3) is 0 Å². The van der Waals surface area contributed by atoms with Gasteiger partial charge in [-0.3, -0.25) is 4.79 Å². The average Bonchev–Trinajstić information content (AvgIpc) is 2.37. The summed E-state index contributed by atoms with van der Waals surface area (Å²) in [4.78, 5) is 11.7. The number of Topliss-reactive ketones (excluding diaryl/α,β-unsaturated/α-hetero) is 1. The van der Waals surface area contributed by atoms with Crippen LogP contribution in [0.5, 0.6) is 5.75 Å². The summed E-state index contributed by atoms with van der Waals surface area (Å²) in [6.07, 6.45) is 3.78. The molecular weight excluding hydrogens is 248 g/mol. The van der Waals surface area contributed by atoms with Gasteiger partial charge >= 0.3 is 0 Å². The number of carbonyl (C=O) groups is 1. The second-order valence-corrected chi connectivity index (χ2v) is 5.09. The van der Waals surface area contributed by atoms with Gasteiger partial charge in [0.2, 0.25) is 0 Å². The molecule has 1 aromatic carbocycles.